The largest absolute Gasteiger partial charge is 0.316 e. The van der Waals surface area contributed by atoms with E-state index in [2.05, 4.69) is 10.4 Å². The number of imide groups is 1. The molecule has 1 aliphatic heterocycles. The molecule has 1 aromatic heterocycles. The number of rotatable bonds is 2. The van der Waals surface area contributed by atoms with Crippen LogP contribution in [0.4, 0.5) is 0 Å². The first-order valence-corrected chi connectivity index (χ1v) is 5.67. The molecule has 1 saturated heterocycles. The van der Waals surface area contributed by atoms with Crippen LogP contribution in [0.25, 0.3) is 0 Å². The number of nitrogens with one attached hydrogen (secondary N) is 1. The molecule has 1 unspecified atom stereocenters. The van der Waals surface area contributed by atoms with Crippen molar-refractivity contribution < 1.29 is 14.4 Å². The first-order chi connectivity index (χ1) is 8.54. The van der Waals surface area contributed by atoms with E-state index in [4.69, 9.17) is 0 Å². The Morgan fingerprint density at radius 1 is 1.56 bits per heavy atom. The van der Waals surface area contributed by atoms with Crippen molar-refractivity contribution in [2.24, 2.45) is 7.05 Å². The predicted octanol–water partition coefficient (Wildman–Crippen LogP) is -0.703. The Labute approximate surface area is 104 Å². The Hall–Kier alpha value is -2.18. The molecule has 1 atom stereocenters. The highest BCUT2D eigenvalue weighted by atomic mass is 16.2. The van der Waals surface area contributed by atoms with Gasteiger partial charge in [0.2, 0.25) is 11.8 Å². The highest BCUT2D eigenvalue weighted by Gasteiger charge is 2.36. The SMILES string of the molecule is CCC1C(=O)NC(=O)CN1C(=O)c1ccnn1C. The van der Waals surface area contributed by atoms with E-state index in [9.17, 15) is 14.4 Å². The number of hydrogen-bond acceptors (Lipinski definition) is 4. The molecule has 0 bridgehead atoms. The summed E-state index contributed by atoms with van der Waals surface area (Å²) in [5, 5.41) is 6.14. The third kappa shape index (κ3) is 1.99. The zero-order valence-electron chi connectivity index (χ0n) is 10.2. The number of carbonyl (C=O) groups excluding carboxylic acids is 3. The third-order valence-electron chi connectivity index (χ3n) is 2.94. The highest BCUT2D eigenvalue weighted by Crippen LogP contribution is 2.13. The van der Waals surface area contributed by atoms with E-state index >= 15 is 0 Å². The topological polar surface area (TPSA) is 84.3 Å². The van der Waals surface area contributed by atoms with Gasteiger partial charge in [0.25, 0.3) is 5.91 Å². The zero-order valence-corrected chi connectivity index (χ0v) is 10.2. The second-order valence-corrected chi connectivity index (χ2v) is 4.11. The highest BCUT2D eigenvalue weighted by molar-refractivity contribution is 6.06. The second kappa shape index (κ2) is 4.59. The lowest BCUT2D eigenvalue weighted by Gasteiger charge is -2.33. The number of aromatic nitrogens is 2. The van der Waals surface area contributed by atoms with Crippen LogP contribution in [0.3, 0.4) is 0 Å². The predicted molar refractivity (Wildman–Crippen MR) is 61.5 cm³/mol. The van der Waals surface area contributed by atoms with Gasteiger partial charge in [-0.05, 0) is 12.5 Å². The molecule has 7 heteroatoms. The van der Waals surface area contributed by atoms with Crippen LogP contribution in [0.2, 0.25) is 0 Å². The average molecular weight is 250 g/mol. The average Bonchev–Trinajstić information content (AvgIpc) is 2.73. The monoisotopic (exact) mass is 250 g/mol. The molecular weight excluding hydrogens is 236 g/mol. The molecule has 0 aliphatic carbocycles. The molecule has 96 valence electrons. The number of amides is 3. The lowest BCUT2D eigenvalue weighted by atomic mass is 10.1. The van der Waals surface area contributed by atoms with Crippen molar-refractivity contribution >= 4 is 17.7 Å². The fourth-order valence-electron chi connectivity index (χ4n) is 2.02. The molecule has 3 amide bonds. The Kier molecular flexibility index (Phi) is 3.14. The van der Waals surface area contributed by atoms with E-state index in [0.717, 1.165) is 0 Å². The maximum Gasteiger partial charge on any atom is 0.273 e. The second-order valence-electron chi connectivity index (χ2n) is 4.11. The van der Waals surface area contributed by atoms with Crippen molar-refractivity contribution in [2.45, 2.75) is 19.4 Å². The van der Waals surface area contributed by atoms with Crippen LogP contribution < -0.4 is 5.32 Å². The number of nitrogens with zero attached hydrogens (tertiary/aromatic N) is 3. The number of hydrogen-bond donors (Lipinski definition) is 1. The van der Waals surface area contributed by atoms with E-state index in [1.165, 1.54) is 15.8 Å². The molecule has 1 aromatic rings. The van der Waals surface area contributed by atoms with Gasteiger partial charge in [0.1, 0.15) is 18.3 Å². The summed E-state index contributed by atoms with van der Waals surface area (Å²) in [6.07, 6.45) is 1.96. The molecule has 1 N–H and O–H groups in total. The normalized spacial score (nSPS) is 19.9. The van der Waals surface area contributed by atoms with Crippen LogP contribution in [0.15, 0.2) is 12.3 Å². The Morgan fingerprint density at radius 2 is 2.28 bits per heavy atom. The summed E-state index contributed by atoms with van der Waals surface area (Å²) in [6.45, 7) is 1.69. The Balaban J connectivity index is 2.30. The summed E-state index contributed by atoms with van der Waals surface area (Å²) in [6, 6.07) is 0.955. The molecule has 0 aromatic carbocycles. The van der Waals surface area contributed by atoms with Crippen LogP contribution in [0.5, 0.6) is 0 Å². The summed E-state index contributed by atoms with van der Waals surface area (Å²) in [5.74, 6) is -1.24. The van der Waals surface area contributed by atoms with Crippen LogP contribution in [0, 0.1) is 0 Å². The van der Waals surface area contributed by atoms with Crippen LogP contribution >= 0.6 is 0 Å². The van der Waals surface area contributed by atoms with E-state index < -0.39 is 17.9 Å². The molecule has 1 fully saturated rings. The molecule has 0 saturated carbocycles. The van der Waals surface area contributed by atoms with Crippen molar-refractivity contribution in [1.29, 1.82) is 0 Å². The smallest absolute Gasteiger partial charge is 0.273 e. The number of carbonyl (C=O) groups is 3. The van der Waals surface area contributed by atoms with E-state index in [1.807, 2.05) is 0 Å². The van der Waals surface area contributed by atoms with Crippen LogP contribution in [0.1, 0.15) is 23.8 Å². The standard InChI is InChI=1S/C11H14N4O3/c1-3-7-10(17)13-9(16)6-15(7)11(18)8-4-5-12-14(8)2/h4-5,7H,3,6H2,1-2H3,(H,13,16,17). The minimum atomic E-state index is -0.606. The van der Waals surface area contributed by atoms with Crippen molar-refractivity contribution in [3.8, 4) is 0 Å². The minimum Gasteiger partial charge on any atom is -0.316 e. The third-order valence-corrected chi connectivity index (χ3v) is 2.94. The lowest BCUT2D eigenvalue weighted by molar-refractivity contribution is -0.138. The summed E-state index contributed by atoms with van der Waals surface area (Å²) < 4.78 is 1.42. The van der Waals surface area contributed by atoms with E-state index in [-0.39, 0.29) is 12.5 Å². The van der Waals surface area contributed by atoms with Crippen molar-refractivity contribution in [3.05, 3.63) is 18.0 Å². The maximum absolute atomic E-state index is 12.3. The minimum absolute atomic E-state index is 0.103. The molecule has 2 heterocycles. The van der Waals surface area contributed by atoms with Crippen LogP contribution in [-0.2, 0) is 16.6 Å². The van der Waals surface area contributed by atoms with Gasteiger partial charge in [0.05, 0.1) is 0 Å². The molecule has 7 nitrogen and oxygen atoms in total. The summed E-state index contributed by atoms with van der Waals surface area (Å²) in [7, 11) is 1.64. The Bertz CT molecular complexity index is 508. The van der Waals surface area contributed by atoms with Gasteiger partial charge in [0.15, 0.2) is 0 Å². The molecule has 1 aliphatic rings. The van der Waals surface area contributed by atoms with Gasteiger partial charge in [0, 0.05) is 13.2 Å². The van der Waals surface area contributed by atoms with Crippen LogP contribution in [-0.4, -0.2) is 45.0 Å². The van der Waals surface area contributed by atoms with Crippen molar-refractivity contribution in [2.75, 3.05) is 6.54 Å². The van der Waals surface area contributed by atoms with E-state index in [1.54, 1.807) is 20.0 Å². The Morgan fingerprint density at radius 3 is 2.83 bits per heavy atom. The summed E-state index contributed by atoms with van der Waals surface area (Å²) >= 11 is 0. The molecule has 2 rings (SSSR count). The molecule has 0 spiro atoms. The summed E-state index contributed by atoms with van der Waals surface area (Å²) in [5.41, 5.74) is 0.357. The van der Waals surface area contributed by atoms with Gasteiger partial charge >= 0.3 is 0 Å². The fraction of sp³-hybridized carbons (Fsp3) is 0.455. The van der Waals surface area contributed by atoms with E-state index in [0.29, 0.717) is 12.1 Å². The van der Waals surface area contributed by atoms with Gasteiger partial charge in [-0.3, -0.25) is 24.4 Å². The first-order valence-electron chi connectivity index (χ1n) is 5.67. The number of piperazine rings is 1. The molecular formula is C11H14N4O3. The van der Waals surface area contributed by atoms with Gasteiger partial charge in [-0.2, -0.15) is 5.10 Å². The van der Waals surface area contributed by atoms with Gasteiger partial charge < -0.3 is 4.90 Å². The van der Waals surface area contributed by atoms with Crippen molar-refractivity contribution in [1.82, 2.24) is 20.0 Å². The van der Waals surface area contributed by atoms with Crippen molar-refractivity contribution in [3.63, 3.8) is 0 Å². The summed E-state index contributed by atoms with van der Waals surface area (Å²) in [4.78, 5) is 36.6. The quantitative estimate of drug-likeness (QED) is 0.703. The molecule has 0 radical (unpaired) electrons. The maximum atomic E-state index is 12.3. The zero-order chi connectivity index (χ0) is 13.3. The fourth-order valence-corrected chi connectivity index (χ4v) is 2.02. The lowest BCUT2D eigenvalue weighted by Crippen LogP contribution is -2.59. The van der Waals surface area contributed by atoms with Gasteiger partial charge in [-0.25, -0.2) is 0 Å². The number of aryl methyl sites for hydroxylation is 1. The van der Waals surface area contributed by atoms with Gasteiger partial charge in [-0.15, -0.1) is 0 Å². The van der Waals surface area contributed by atoms with Gasteiger partial charge in [-0.1, -0.05) is 6.92 Å². The first kappa shape index (κ1) is 12.3. The molecule has 18 heavy (non-hydrogen) atoms.